The standard InChI is InChI=1S/C14H19N3O4/c15-13(19)17-11-3-1-10(2-4-11)12(18)16-9-14(20)5-7-21-8-6-14/h1-4,20H,5-9H2,(H,16,18)(H3,15,17,19). The minimum absolute atomic E-state index is 0.191. The highest BCUT2D eigenvalue weighted by molar-refractivity contribution is 5.95. The van der Waals surface area contributed by atoms with Gasteiger partial charge in [0.25, 0.3) is 5.91 Å². The van der Waals surface area contributed by atoms with Crippen molar-refractivity contribution in [2.45, 2.75) is 18.4 Å². The number of ether oxygens (including phenoxy) is 1. The number of benzene rings is 1. The summed E-state index contributed by atoms with van der Waals surface area (Å²) in [5.74, 6) is -0.277. The van der Waals surface area contributed by atoms with Gasteiger partial charge in [0.05, 0.1) is 5.60 Å². The van der Waals surface area contributed by atoms with Crippen LogP contribution in [0.1, 0.15) is 23.2 Å². The van der Waals surface area contributed by atoms with Crippen molar-refractivity contribution in [3.63, 3.8) is 0 Å². The number of aliphatic hydroxyl groups is 1. The predicted molar refractivity (Wildman–Crippen MR) is 77.0 cm³/mol. The summed E-state index contributed by atoms with van der Waals surface area (Å²) in [7, 11) is 0. The number of carbonyl (C=O) groups is 2. The number of rotatable bonds is 4. The number of nitrogens with two attached hydrogens (primary N) is 1. The third kappa shape index (κ3) is 4.44. The van der Waals surface area contributed by atoms with Gasteiger partial charge >= 0.3 is 6.03 Å². The Morgan fingerprint density at radius 2 is 1.86 bits per heavy atom. The van der Waals surface area contributed by atoms with Crippen molar-refractivity contribution in [1.82, 2.24) is 5.32 Å². The Balaban J connectivity index is 1.89. The molecule has 0 radical (unpaired) electrons. The molecule has 2 rings (SSSR count). The van der Waals surface area contributed by atoms with Gasteiger partial charge < -0.3 is 26.2 Å². The van der Waals surface area contributed by atoms with Crippen molar-refractivity contribution in [2.24, 2.45) is 5.73 Å². The zero-order valence-corrected chi connectivity index (χ0v) is 11.6. The van der Waals surface area contributed by atoms with Crippen molar-refractivity contribution >= 4 is 17.6 Å². The Kier molecular flexibility index (Phi) is 4.77. The van der Waals surface area contributed by atoms with Crippen LogP contribution in [0.15, 0.2) is 24.3 Å². The first-order chi connectivity index (χ1) is 9.98. The summed E-state index contributed by atoms with van der Waals surface area (Å²) in [6.07, 6.45) is 1.02. The van der Waals surface area contributed by atoms with Gasteiger partial charge in [0.2, 0.25) is 0 Å². The van der Waals surface area contributed by atoms with Gasteiger partial charge in [-0.3, -0.25) is 4.79 Å². The van der Waals surface area contributed by atoms with Crippen LogP contribution in [0.5, 0.6) is 0 Å². The smallest absolute Gasteiger partial charge is 0.316 e. The number of urea groups is 1. The summed E-state index contributed by atoms with van der Waals surface area (Å²) >= 11 is 0. The highest BCUT2D eigenvalue weighted by Crippen LogP contribution is 2.19. The molecule has 1 heterocycles. The second kappa shape index (κ2) is 6.55. The van der Waals surface area contributed by atoms with Crippen LogP contribution >= 0.6 is 0 Å². The molecule has 0 bridgehead atoms. The largest absolute Gasteiger partial charge is 0.388 e. The lowest BCUT2D eigenvalue weighted by Gasteiger charge is -2.32. The normalized spacial score (nSPS) is 17.0. The topological polar surface area (TPSA) is 114 Å². The van der Waals surface area contributed by atoms with Gasteiger partial charge in [-0.05, 0) is 24.3 Å². The third-order valence-corrected chi connectivity index (χ3v) is 3.42. The average Bonchev–Trinajstić information content (AvgIpc) is 2.46. The lowest BCUT2D eigenvalue weighted by atomic mass is 9.94. The van der Waals surface area contributed by atoms with Crippen molar-refractivity contribution < 1.29 is 19.4 Å². The molecule has 0 unspecified atom stereocenters. The lowest BCUT2D eigenvalue weighted by molar-refractivity contribution is -0.0605. The molecule has 0 atom stereocenters. The van der Waals surface area contributed by atoms with Crippen LogP contribution in [0, 0.1) is 0 Å². The number of hydrogen-bond donors (Lipinski definition) is 4. The molecule has 1 aliphatic heterocycles. The van der Waals surface area contributed by atoms with E-state index in [2.05, 4.69) is 10.6 Å². The van der Waals surface area contributed by atoms with Crippen LogP contribution in [-0.2, 0) is 4.74 Å². The van der Waals surface area contributed by atoms with E-state index in [9.17, 15) is 14.7 Å². The molecule has 5 N–H and O–H groups in total. The maximum Gasteiger partial charge on any atom is 0.316 e. The minimum Gasteiger partial charge on any atom is -0.388 e. The van der Waals surface area contributed by atoms with Crippen molar-refractivity contribution in [3.05, 3.63) is 29.8 Å². The molecule has 21 heavy (non-hydrogen) atoms. The number of anilines is 1. The monoisotopic (exact) mass is 293 g/mol. The number of nitrogens with one attached hydrogen (secondary N) is 2. The maximum absolute atomic E-state index is 12.0. The molecule has 7 heteroatoms. The van der Waals surface area contributed by atoms with Gasteiger partial charge in [0.15, 0.2) is 0 Å². The van der Waals surface area contributed by atoms with Gasteiger partial charge in [-0.2, -0.15) is 0 Å². The number of carbonyl (C=O) groups excluding carboxylic acids is 2. The van der Waals surface area contributed by atoms with Crippen LogP contribution in [0.25, 0.3) is 0 Å². The molecular formula is C14H19N3O4. The van der Waals surface area contributed by atoms with Crippen LogP contribution in [0.3, 0.4) is 0 Å². The number of primary amides is 1. The summed E-state index contributed by atoms with van der Waals surface area (Å²) in [5, 5.41) is 15.4. The van der Waals surface area contributed by atoms with E-state index in [0.717, 1.165) is 0 Å². The number of hydrogen-bond acceptors (Lipinski definition) is 4. The fourth-order valence-electron chi connectivity index (χ4n) is 2.12. The second-order valence-corrected chi connectivity index (χ2v) is 5.09. The van der Waals surface area contributed by atoms with E-state index < -0.39 is 11.6 Å². The Morgan fingerprint density at radius 1 is 1.24 bits per heavy atom. The van der Waals surface area contributed by atoms with Crippen molar-refractivity contribution in [2.75, 3.05) is 25.1 Å². The van der Waals surface area contributed by atoms with E-state index in [4.69, 9.17) is 10.5 Å². The zero-order chi connectivity index (χ0) is 15.3. The summed E-state index contributed by atoms with van der Waals surface area (Å²) in [6, 6.07) is 5.67. The zero-order valence-electron chi connectivity index (χ0n) is 11.6. The molecule has 1 fully saturated rings. The first-order valence-electron chi connectivity index (χ1n) is 6.73. The highest BCUT2D eigenvalue weighted by Gasteiger charge is 2.30. The molecule has 3 amide bonds. The van der Waals surface area contributed by atoms with Crippen molar-refractivity contribution in [3.8, 4) is 0 Å². The summed E-state index contributed by atoms with van der Waals surface area (Å²) in [5.41, 5.74) is 5.06. The van der Waals surface area contributed by atoms with Gasteiger partial charge in [-0.25, -0.2) is 4.79 Å². The molecule has 114 valence electrons. The molecule has 7 nitrogen and oxygen atoms in total. The van der Waals surface area contributed by atoms with E-state index in [1.165, 1.54) is 0 Å². The predicted octanol–water partition coefficient (Wildman–Crippen LogP) is 0.448. The van der Waals surface area contributed by atoms with Gasteiger partial charge in [-0.15, -0.1) is 0 Å². The van der Waals surface area contributed by atoms with E-state index in [1.54, 1.807) is 24.3 Å². The molecule has 1 aliphatic rings. The van der Waals surface area contributed by atoms with Gasteiger partial charge in [0.1, 0.15) is 0 Å². The van der Waals surface area contributed by atoms with Gasteiger partial charge in [0, 0.05) is 43.9 Å². The van der Waals surface area contributed by atoms with Crippen LogP contribution in [-0.4, -0.2) is 42.4 Å². The van der Waals surface area contributed by atoms with Gasteiger partial charge in [-0.1, -0.05) is 0 Å². The molecular weight excluding hydrogens is 274 g/mol. The van der Waals surface area contributed by atoms with E-state index in [1.807, 2.05) is 0 Å². The van der Waals surface area contributed by atoms with Crippen molar-refractivity contribution in [1.29, 1.82) is 0 Å². The highest BCUT2D eigenvalue weighted by atomic mass is 16.5. The minimum atomic E-state index is -0.901. The van der Waals surface area contributed by atoms with E-state index >= 15 is 0 Å². The Morgan fingerprint density at radius 3 is 2.43 bits per heavy atom. The first kappa shape index (κ1) is 15.3. The Bertz CT molecular complexity index is 509. The average molecular weight is 293 g/mol. The molecule has 1 aromatic carbocycles. The SMILES string of the molecule is NC(=O)Nc1ccc(C(=O)NCC2(O)CCOCC2)cc1. The van der Waals surface area contributed by atoms with E-state index in [0.29, 0.717) is 37.3 Å². The maximum atomic E-state index is 12.0. The molecule has 0 saturated carbocycles. The first-order valence-corrected chi connectivity index (χ1v) is 6.73. The van der Waals surface area contributed by atoms with Crippen LogP contribution in [0.4, 0.5) is 10.5 Å². The number of amides is 3. The molecule has 1 aromatic rings. The Hall–Kier alpha value is -2.12. The molecule has 0 aromatic heterocycles. The Labute approximate surface area is 122 Å². The summed E-state index contributed by atoms with van der Waals surface area (Å²) in [4.78, 5) is 22.7. The van der Waals surface area contributed by atoms with E-state index in [-0.39, 0.29) is 12.5 Å². The summed E-state index contributed by atoms with van der Waals surface area (Å²) in [6.45, 7) is 1.19. The van der Waals surface area contributed by atoms with Crippen LogP contribution < -0.4 is 16.4 Å². The molecule has 0 spiro atoms. The summed E-state index contributed by atoms with van der Waals surface area (Å²) < 4.78 is 5.18. The molecule has 1 saturated heterocycles. The molecule has 0 aliphatic carbocycles. The third-order valence-electron chi connectivity index (χ3n) is 3.42. The van der Waals surface area contributed by atoms with Crippen LogP contribution in [0.2, 0.25) is 0 Å². The lowest BCUT2D eigenvalue weighted by Crippen LogP contribution is -2.46. The fourth-order valence-corrected chi connectivity index (χ4v) is 2.12. The second-order valence-electron chi connectivity index (χ2n) is 5.09. The quantitative estimate of drug-likeness (QED) is 0.645. The fraction of sp³-hybridized carbons (Fsp3) is 0.429.